The summed E-state index contributed by atoms with van der Waals surface area (Å²) in [6, 6.07) is 10.6. The molecule has 1 aliphatic heterocycles. The molecule has 2 rings (SSSR count). The maximum Gasteiger partial charge on any atom is 0.244 e. The number of nitrogens with one attached hydrogen (secondary N) is 2. The highest BCUT2D eigenvalue weighted by atomic mass is 127. The van der Waals surface area contributed by atoms with E-state index in [1.54, 1.807) is 0 Å². The molecular weight excluding hydrogens is 515 g/mol. The van der Waals surface area contributed by atoms with Crippen molar-refractivity contribution in [2.75, 3.05) is 39.3 Å². The van der Waals surface area contributed by atoms with Gasteiger partial charge in [0, 0.05) is 32.8 Å². The Balaban J connectivity index is 0.00000512. The smallest absolute Gasteiger partial charge is 0.244 e. The standard InChI is InChI=1S/C25H42N4O2.HI/c1-4-25(5-2,14-17-30)20-28-24(26-6-3)27-19-23(31)29-15-12-22(13-16-29)18-21-10-8-7-9-11-21;/h7-11,22,30H,4-6,12-20H2,1-3H3,(H2,26,27,28);1H. The number of aliphatic imine (C=N–C) groups is 1. The number of nitrogens with zero attached hydrogens (tertiary/aromatic N) is 2. The summed E-state index contributed by atoms with van der Waals surface area (Å²) in [5.74, 6) is 1.43. The zero-order chi connectivity index (χ0) is 22.5. The van der Waals surface area contributed by atoms with Gasteiger partial charge in [-0.15, -0.1) is 24.0 Å². The number of carbonyl (C=O) groups is 1. The minimum atomic E-state index is 0. The molecule has 0 aliphatic carbocycles. The molecule has 0 unspecified atom stereocenters. The molecule has 32 heavy (non-hydrogen) atoms. The molecule has 182 valence electrons. The van der Waals surface area contributed by atoms with Crippen molar-refractivity contribution in [2.45, 2.75) is 59.3 Å². The number of amides is 1. The van der Waals surface area contributed by atoms with Crippen LogP contribution in [0.4, 0.5) is 0 Å². The van der Waals surface area contributed by atoms with Gasteiger partial charge in [-0.1, -0.05) is 44.2 Å². The molecule has 0 aromatic heterocycles. The summed E-state index contributed by atoms with van der Waals surface area (Å²) in [5.41, 5.74) is 1.44. The number of aliphatic hydroxyl groups is 1. The third kappa shape index (κ3) is 9.25. The second-order valence-corrected chi connectivity index (χ2v) is 8.74. The SMILES string of the molecule is CCNC(=NCC(=O)N1CCC(Cc2ccccc2)CC1)NCC(CC)(CC)CCO.I. The average molecular weight is 559 g/mol. The Morgan fingerprint density at radius 2 is 1.78 bits per heavy atom. The van der Waals surface area contributed by atoms with Gasteiger partial charge in [0.05, 0.1) is 0 Å². The van der Waals surface area contributed by atoms with Crippen LogP contribution in [-0.2, 0) is 11.2 Å². The summed E-state index contributed by atoms with van der Waals surface area (Å²) in [6.45, 7) is 9.84. The maximum atomic E-state index is 12.7. The average Bonchev–Trinajstić information content (AvgIpc) is 2.81. The van der Waals surface area contributed by atoms with Gasteiger partial charge in [-0.25, -0.2) is 4.99 Å². The predicted molar refractivity (Wildman–Crippen MR) is 144 cm³/mol. The minimum absolute atomic E-state index is 0. The molecular formula is C25H43IN4O2. The van der Waals surface area contributed by atoms with E-state index in [0.29, 0.717) is 11.9 Å². The van der Waals surface area contributed by atoms with E-state index >= 15 is 0 Å². The summed E-state index contributed by atoms with van der Waals surface area (Å²) in [6.07, 6.45) is 5.96. The number of likely N-dealkylation sites (tertiary alicyclic amines) is 1. The van der Waals surface area contributed by atoms with Gasteiger partial charge in [-0.2, -0.15) is 0 Å². The van der Waals surface area contributed by atoms with Crippen LogP contribution in [0.2, 0.25) is 0 Å². The van der Waals surface area contributed by atoms with Gasteiger partial charge in [0.2, 0.25) is 5.91 Å². The summed E-state index contributed by atoms with van der Waals surface area (Å²) < 4.78 is 0. The molecule has 1 heterocycles. The van der Waals surface area contributed by atoms with Crippen LogP contribution >= 0.6 is 24.0 Å². The van der Waals surface area contributed by atoms with E-state index in [4.69, 9.17) is 0 Å². The van der Waals surface area contributed by atoms with Crippen LogP contribution in [0.1, 0.15) is 58.4 Å². The van der Waals surface area contributed by atoms with E-state index in [1.807, 2.05) is 11.8 Å². The third-order valence-corrected chi connectivity index (χ3v) is 6.82. The molecule has 1 aliphatic rings. The number of piperidine rings is 1. The van der Waals surface area contributed by atoms with Crippen molar-refractivity contribution in [1.29, 1.82) is 0 Å². The Morgan fingerprint density at radius 1 is 1.12 bits per heavy atom. The van der Waals surface area contributed by atoms with Gasteiger partial charge >= 0.3 is 0 Å². The number of carbonyl (C=O) groups excluding carboxylic acids is 1. The van der Waals surface area contributed by atoms with E-state index < -0.39 is 0 Å². The van der Waals surface area contributed by atoms with Crippen molar-refractivity contribution in [2.24, 2.45) is 16.3 Å². The van der Waals surface area contributed by atoms with Crippen molar-refractivity contribution in [3.63, 3.8) is 0 Å². The first-order chi connectivity index (χ1) is 15.1. The van der Waals surface area contributed by atoms with E-state index in [2.05, 4.69) is 59.8 Å². The molecule has 0 saturated carbocycles. The van der Waals surface area contributed by atoms with Gasteiger partial charge in [0.25, 0.3) is 0 Å². The number of rotatable bonds is 11. The number of hydrogen-bond donors (Lipinski definition) is 3. The van der Waals surface area contributed by atoms with Gasteiger partial charge in [-0.3, -0.25) is 4.79 Å². The number of guanidine groups is 1. The van der Waals surface area contributed by atoms with Crippen LogP contribution in [0, 0.1) is 11.3 Å². The molecule has 0 bridgehead atoms. The van der Waals surface area contributed by atoms with E-state index in [9.17, 15) is 9.90 Å². The highest BCUT2D eigenvalue weighted by Gasteiger charge is 2.26. The first-order valence-electron chi connectivity index (χ1n) is 12.0. The second kappa shape index (κ2) is 15.5. The molecule has 0 radical (unpaired) electrons. The first-order valence-corrected chi connectivity index (χ1v) is 12.0. The van der Waals surface area contributed by atoms with Crippen LogP contribution in [0.15, 0.2) is 35.3 Å². The molecule has 0 spiro atoms. The lowest BCUT2D eigenvalue weighted by atomic mass is 9.79. The summed E-state index contributed by atoms with van der Waals surface area (Å²) in [7, 11) is 0. The molecule has 1 saturated heterocycles. The van der Waals surface area contributed by atoms with Gasteiger partial charge < -0.3 is 20.6 Å². The van der Waals surface area contributed by atoms with Crippen LogP contribution in [0.3, 0.4) is 0 Å². The molecule has 1 fully saturated rings. The Labute approximate surface area is 211 Å². The van der Waals surface area contributed by atoms with Crippen LogP contribution in [0.25, 0.3) is 0 Å². The summed E-state index contributed by atoms with van der Waals surface area (Å²) in [4.78, 5) is 19.2. The minimum Gasteiger partial charge on any atom is -0.396 e. The molecule has 7 heteroatoms. The van der Waals surface area contributed by atoms with Crippen LogP contribution in [0.5, 0.6) is 0 Å². The molecule has 3 N–H and O–H groups in total. The van der Waals surface area contributed by atoms with E-state index in [0.717, 1.165) is 64.7 Å². The zero-order valence-electron chi connectivity index (χ0n) is 20.1. The molecule has 1 aromatic rings. The maximum absolute atomic E-state index is 12.7. The molecule has 0 atom stereocenters. The van der Waals surface area contributed by atoms with Crippen LogP contribution in [-0.4, -0.2) is 61.2 Å². The van der Waals surface area contributed by atoms with Crippen molar-refractivity contribution in [1.82, 2.24) is 15.5 Å². The highest BCUT2D eigenvalue weighted by molar-refractivity contribution is 14.0. The Morgan fingerprint density at radius 3 is 2.34 bits per heavy atom. The third-order valence-electron chi connectivity index (χ3n) is 6.82. The summed E-state index contributed by atoms with van der Waals surface area (Å²) >= 11 is 0. The Bertz CT molecular complexity index is 672. The number of halogens is 1. The largest absolute Gasteiger partial charge is 0.396 e. The van der Waals surface area contributed by atoms with E-state index in [1.165, 1.54) is 5.56 Å². The monoisotopic (exact) mass is 558 g/mol. The fourth-order valence-corrected chi connectivity index (χ4v) is 4.37. The van der Waals surface area contributed by atoms with E-state index in [-0.39, 0.29) is 48.5 Å². The molecule has 1 amide bonds. The Kier molecular flexibility index (Phi) is 13.9. The van der Waals surface area contributed by atoms with Crippen molar-refractivity contribution in [3.8, 4) is 0 Å². The van der Waals surface area contributed by atoms with Gasteiger partial charge in [0.15, 0.2) is 5.96 Å². The quantitative estimate of drug-likeness (QED) is 0.219. The Hall–Kier alpha value is -1.35. The normalized spacial score (nSPS) is 15.2. The van der Waals surface area contributed by atoms with Crippen molar-refractivity contribution < 1.29 is 9.90 Å². The topological polar surface area (TPSA) is 77.0 Å². The fourth-order valence-electron chi connectivity index (χ4n) is 4.37. The van der Waals surface area contributed by atoms with Gasteiger partial charge in [0.1, 0.15) is 6.54 Å². The lowest BCUT2D eigenvalue weighted by Gasteiger charge is -2.32. The first kappa shape index (κ1) is 28.7. The van der Waals surface area contributed by atoms with Crippen LogP contribution < -0.4 is 10.6 Å². The lowest BCUT2D eigenvalue weighted by Crippen LogP contribution is -2.45. The predicted octanol–water partition coefficient (Wildman–Crippen LogP) is 3.83. The number of hydrogen-bond acceptors (Lipinski definition) is 3. The molecule has 1 aromatic carbocycles. The van der Waals surface area contributed by atoms with Gasteiger partial charge in [-0.05, 0) is 62.3 Å². The lowest BCUT2D eigenvalue weighted by molar-refractivity contribution is -0.130. The second-order valence-electron chi connectivity index (χ2n) is 8.74. The zero-order valence-corrected chi connectivity index (χ0v) is 22.4. The highest BCUT2D eigenvalue weighted by Crippen LogP contribution is 2.29. The number of benzene rings is 1. The molecule has 6 nitrogen and oxygen atoms in total. The fraction of sp³-hybridized carbons (Fsp3) is 0.680. The summed E-state index contributed by atoms with van der Waals surface area (Å²) in [5, 5.41) is 16.1. The van der Waals surface area contributed by atoms with Crippen molar-refractivity contribution >= 4 is 35.8 Å². The van der Waals surface area contributed by atoms with Crippen molar-refractivity contribution in [3.05, 3.63) is 35.9 Å². The number of aliphatic hydroxyl groups excluding tert-OH is 1.